The summed E-state index contributed by atoms with van der Waals surface area (Å²) in [5.74, 6) is -0.500. The van der Waals surface area contributed by atoms with Crippen molar-refractivity contribution in [2.45, 2.75) is 39.3 Å². The molecule has 3 atom stereocenters. The van der Waals surface area contributed by atoms with E-state index in [0.717, 1.165) is 73.7 Å². The number of hydrogen-bond donors (Lipinski definition) is 1. The first-order valence-corrected chi connectivity index (χ1v) is 13.8. The summed E-state index contributed by atoms with van der Waals surface area (Å²) in [7, 11) is 0. The molecule has 7 rings (SSSR count). The third-order valence-corrected chi connectivity index (χ3v) is 8.94. The smallest absolute Gasteiger partial charge is 0.233 e. The molecule has 3 aliphatic heterocycles. The summed E-state index contributed by atoms with van der Waals surface area (Å²) in [5.41, 5.74) is 5.55. The molecule has 1 N–H and O–H groups in total. The van der Waals surface area contributed by atoms with E-state index in [-0.39, 0.29) is 54.1 Å². The van der Waals surface area contributed by atoms with E-state index in [1.54, 1.807) is 10.8 Å². The van der Waals surface area contributed by atoms with Gasteiger partial charge >= 0.3 is 0 Å². The molecule has 1 saturated carbocycles. The van der Waals surface area contributed by atoms with Gasteiger partial charge in [0.15, 0.2) is 0 Å². The van der Waals surface area contributed by atoms with Gasteiger partial charge in [-0.25, -0.2) is 9.50 Å². The van der Waals surface area contributed by atoms with E-state index < -0.39 is 0 Å². The first-order valence-electron chi connectivity index (χ1n) is 13.4. The first-order chi connectivity index (χ1) is 18.3. The van der Waals surface area contributed by atoms with Gasteiger partial charge in [-0.15, -0.1) is 12.4 Å². The Labute approximate surface area is 238 Å². The number of morpholine rings is 1. The number of nitrogens with zero attached hydrogens (tertiary/aromatic N) is 5. The second kappa shape index (κ2) is 9.73. The fourth-order valence-electron chi connectivity index (χ4n) is 6.76. The lowest BCUT2D eigenvalue weighted by Gasteiger charge is -2.37. The molecule has 3 fully saturated rings. The highest BCUT2D eigenvalue weighted by molar-refractivity contribution is 6.31. The molecule has 9 nitrogen and oxygen atoms in total. The first kappa shape index (κ1) is 26.5. The van der Waals surface area contributed by atoms with Crippen LogP contribution in [0.4, 0.5) is 5.69 Å². The summed E-state index contributed by atoms with van der Waals surface area (Å²) in [6.45, 7) is 8.41. The van der Waals surface area contributed by atoms with Crippen LogP contribution in [0.25, 0.3) is 16.8 Å². The van der Waals surface area contributed by atoms with Crippen molar-refractivity contribution in [1.82, 2.24) is 24.8 Å². The van der Waals surface area contributed by atoms with Gasteiger partial charge in [0.2, 0.25) is 11.8 Å². The Morgan fingerprint density at radius 2 is 1.97 bits per heavy atom. The number of carbonyl (C=O) groups is 2. The van der Waals surface area contributed by atoms with Gasteiger partial charge in [0, 0.05) is 48.6 Å². The Bertz CT molecular complexity index is 1440. The number of piperidine rings is 1. The monoisotopic (exact) mass is 570 g/mol. The fraction of sp³-hybridized carbons (Fsp3) is 0.500. The summed E-state index contributed by atoms with van der Waals surface area (Å²) >= 11 is 6.63. The molecule has 5 heterocycles. The number of anilines is 1. The highest BCUT2D eigenvalue weighted by atomic mass is 35.5. The van der Waals surface area contributed by atoms with Crippen LogP contribution < -0.4 is 10.2 Å². The van der Waals surface area contributed by atoms with Crippen molar-refractivity contribution in [3.63, 3.8) is 0 Å². The summed E-state index contributed by atoms with van der Waals surface area (Å²) in [6, 6.07) is 6.03. The van der Waals surface area contributed by atoms with Crippen molar-refractivity contribution in [3.8, 4) is 11.3 Å². The second-order valence-corrected chi connectivity index (χ2v) is 12.0. The highest BCUT2D eigenvalue weighted by Crippen LogP contribution is 2.63. The van der Waals surface area contributed by atoms with Gasteiger partial charge in [-0.2, -0.15) is 5.10 Å². The zero-order chi connectivity index (χ0) is 26.2. The lowest BCUT2D eigenvalue weighted by molar-refractivity contribution is -0.143. The molecule has 1 aromatic carbocycles. The van der Waals surface area contributed by atoms with Crippen LogP contribution in [0.1, 0.15) is 31.4 Å². The lowest BCUT2D eigenvalue weighted by Crippen LogP contribution is -2.46. The fourth-order valence-corrected chi connectivity index (χ4v) is 7.00. The van der Waals surface area contributed by atoms with E-state index in [9.17, 15) is 9.59 Å². The highest BCUT2D eigenvalue weighted by Gasteiger charge is 2.72. The Morgan fingerprint density at radius 1 is 1.18 bits per heavy atom. The van der Waals surface area contributed by atoms with Gasteiger partial charge in [-0.1, -0.05) is 25.4 Å². The zero-order valence-corrected chi connectivity index (χ0v) is 23.6. The van der Waals surface area contributed by atoms with E-state index in [1.165, 1.54) is 10.5 Å². The number of carbonyl (C=O) groups excluding carboxylic acids is 2. The van der Waals surface area contributed by atoms with Crippen LogP contribution in [0.3, 0.4) is 0 Å². The average Bonchev–Trinajstić information content (AvgIpc) is 3.14. The Balaban J connectivity index is 0.00000277. The number of halogens is 2. The Hall–Kier alpha value is -2.72. The van der Waals surface area contributed by atoms with Crippen LogP contribution in [0.5, 0.6) is 0 Å². The number of aromatic nitrogens is 3. The number of nitrogens with one attached hydrogen (secondary N) is 1. The van der Waals surface area contributed by atoms with Crippen LogP contribution in [0.2, 0.25) is 5.02 Å². The predicted octanol–water partition coefficient (Wildman–Crippen LogP) is 3.35. The minimum atomic E-state index is -0.217. The van der Waals surface area contributed by atoms with Gasteiger partial charge < -0.3 is 15.0 Å². The molecule has 0 spiro atoms. The molecule has 11 heteroatoms. The third-order valence-electron chi connectivity index (χ3n) is 8.72. The van der Waals surface area contributed by atoms with Crippen LogP contribution >= 0.6 is 24.0 Å². The minimum Gasteiger partial charge on any atom is -0.374 e. The number of amides is 2. The molecule has 3 aromatic rings. The van der Waals surface area contributed by atoms with Gasteiger partial charge in [-0.3, -0.25) is 14.5 Å². The molecule has 0 radical (unpaired) electrons. The molecule has 39 heavy (non-hydrogen) atoms. The number of imide groups is 1. The lowest BCUT2D eigenvalue weighted by atomic mass is 9.95. The third kappa shape index (κ3) is 4.30. The van der Waals surface area contributed by atoms with Crippen LogP contribution in [-0.2, 0) is 27.3 Å². The van der Waals surface area contributed by atoms with Crippen molar-refractivity contribution in [1.29, 1.82) is 0 Å². The van der Waals surface area contributed by atoms with Crippen molar-refractivity contribution < 1.29 is 14.3 Å². The van der Waals surface area contributed by atoms with E-state index in [4.69, 9.17) is 21.3 Å². The van der Waals surface area contributed by atoms with Gasteiger partial charge in [0.1, 0.15) is 6.33 Å². The maximum absolute atomic E-state index is 12.9. The molecule has 2 aromatic heterocycles. The summed E-state index contributed by atoms with van der Waals surface area (Å²) < 4.78 is 7.80. The van der Waals surface area contributed by atoms with Crippen LogP contribution in [0, 0.1) is 17.3 Å². The molecule has 206 valence electrons. The summed E-state index contributed by atoms with van der Waals surface area (Å²) in [6.07, 6.45) is 5.55. The summed E-state index contributed by atoms with van der Waals surface area (Å²) in [4.78, 5) is 34.3. The maximum atomic E-state index is 12.9. The quantitative estimate of drug-likeness (QED) is 0.470. The Kier molecular flexibility index (Phi) is 6.61. The number of likely N-dealkylation sites (tertiary alicyclic amines) is 1. The van der Waals surface area contributed by atoms with Crippen LogP contribution in [0.15, 0.2) is 30.7 Å². The number of ether oxygens (including phenoxy) is 1. The number of aryl methyl sites for hydroxylation is 1. The molecule has 2 amide bonds. The van der Waals surface area contributed by atoms with Gasteiger partial charge in [-0.05, 0) is 47.6 Å². The second-order valence-electron chi connectivity index (χ2n) is 11.5. The number of rotatable bonds is 5. The topological polar surface area (TPSA) is 92.1 Å². The van der Waals surface area contributed by atoms with Crippen molar-refractivity contribution >= 4 is 47.0 Å². The normalized spacial score (nSPS) is 25.5. The van der Waals surface area contributed by atoms with Gasteiger partial charge in [0.25, 0.3) is 0 Å². The van der Waals surface area contributed by atoms with E-state index in [2.05, 4.69) is 21.4 Å². The number of hydrogen-bond acceptors (Lipinski definition) is 7. The largest absolute Gasteiger partial charge is 0.374 e. The standard InChI is InChI=1S/C28H31ClN6O3.ClH/c1-28(2)22-23(28)27(37)34(26(22)36)12-16-8-21-24(31-15-32-35(21)13-16)20-10-18(29)9-17-4-3-6-33(25(17)20)14-19-11-30-5-7-38-19;/h8-10,13,15,19,22-23,30H,3-7,11-12,14H2,1-2H3;1H. The summed E-state index contributed by atoms with van der Waals surface area (Å²) in [5, 5.41) is 8.54. The molecule has 3 unspecified atom stereocenters. The molecule has 1 aliphatic carbocycles. The Morgan fingerprint density at radius 3 is 2.72 bits per heavy atom. The minimum absolute atomic E-state index is 0. The average molecular weight is 572 g/mol. The number of benzene rings is 1. The predicted molar refractivity (Wildman–Crippen MR) is 150 cm³/mol. The maximum Gasteiger partial charge on any atom is 0.233 e. The molecule has 0 bridgehead atoms. The SMILES string of the molecule is CC1(C)C2C(=O)N(Cc3cc4c(-c5cc(Cl)cc6c5N(CC5CNCCO5)CCC6)ncnn4c3)C(=O)C21.Cl. The van der Waals surface area contributed by atoms with E-state index >= 15 is 0 Å². The van der Waals surface area contributed by atoms with Crippen molar-refractivity contribution in [2.75, 3.05) is 37.7 Å². The van der Waals surface area contributed by atoms with E-state index in [1.807, 2.05) is 32.2 Å². The zero-order valence-electron chi connectivity index (χ0n) is 22.0. The van der Waals surface area contributed by atoms with Crippen LogP contribution in [-0.4, -0.2) is 70.2 Å². The molecular weight excluding hydrogens is 539 g/mol. The molecule has 2 saturated heterocycles. The molecule has 4 aliphatic rings. The van der Waals surface area contributed by atoms with Gasteiger partial charge in [0.05, 0.1) is 42.3 Å². The van der Waals surface area contributed by atoms with Crippen molar-refractivity contribution in [2.24, 2.45) is 17.3 Å². The van der Waals surface area contributed by atoms with Crippen molar-refractivity contribution in [3.05, 3.63) is 46.9 Å². The van der Waals surface area contributed by atoms with E-state index in [0.29, 0.717) is 5.02 Å². The number of fused-ring (bicyclic) bond motifs is 3. The molecular formula is C28H32Cl2N6O3.